The summed E-state index contributed by atoms with van der Waals surface area (Å²) < 4.78 is 100. The molecule has 0 N–H and O–H groups in total. The predicted molar refractivity (Wildman–Crippen MR) is 116 cm³/mol. The third-order valence-corrected chi connectivity index (χ3v) is 9.70. The number of halogens is 7. The minimum absolute atomic E-state index is 0.0687. The molecule has 198 valence electrons. The molecule has 0 heterocycles. The van der Waals surface area contributed by atoms with Crippen LogP contribution in [0.2, 0.25) is 0 Å². The van der Waals surface area contributed by atoms with Crippen molar-refractivity contribution >= 4 is 0 Å². The summed E-state index contributed by atoms with van der Waals surface area (Å²) in [5, 5.41) is 0. The average molecular weight is 501 g/mol. The average Bonchev–Trinajstić information content (AvgIpc) is 2.76. The number of alkyl halides is 7. The summed E-state index contributed by atoms with van der Waals surface area (Å²) in [4.78, 5) is 0. The van der Waals surface area contributed by atoms with Crippen molar-refractivity contribution in [3.63, 3.8) is 0 Å². The summed E-state index contributed by atoms with van der Waals surface area (Å²) in [5.41, 5.74) is 0. The molecule has 0 saturated heterocycles. The van der Waals surface area contributed by atoms with E-state index in [9.17, 15) is 22.0 Å². The molecule has 0 amide bonds. The fraction of sp³-hybridized carbons (Fsp3) is 1.00. The topological polar surface area (TPSA) is 9.23 Å². The molecule has 1 nitrogen and oxygen atoms in total. The van der Waals surface area contributed by atoms with Crippen LogP contribution < -0.4 is 0 Å². The van der Waals surface area contributed by atoms with Crippen LogP contribution in [0.15, 0.2) is 0 Å². The highest BCUT2D eigenvalue weighted by Crippen LogP contribution is 2.50. The monoisotopic (exact) mass is 500 g/mol. The SMILES string of the molecule is CC1CCC(C2CCC(C3CCC(C4CC(F)C(OC(F)(F)F)C(F)C4)C(F)C3)C(F)C2)CC1. The minimum Gasteiger partial charge on any atom is -0.282 e. The van der Waals surface area contributed by atoms with Gasteiger partial charge in [-0.05, 0) is 106 Å². The van der Waals surface area contributed by atoms with Crippen LogP contribution in [-0.4, -0.2) is 37.2 Å². The van der Waals surface area contributed by atoms with E-state index in [4.69, 9.17) is 0 Å². The number of rotatable bonds is 4. The Hall–Kier alpha value is -0.530. The zero-order valence-electron chi connectivity index (χ0n) is 20.0. The Morgan fingerprint density at radius 3 is 1.50 bits per heavy atom. The Kier molecular flexibility index (Phi) is 8.46. The Balaban J connectivity index is 1.27. The van der Waals surface area contributed by atoms with Gasteiger partial charge >= 0.3 is 6.36 Å². The molecular weight excluding hydrogens is 461 g/mol. The molecule has 0 aromatic heterocycles. The molecular formula is C26H39F7O. The van der Waals surface area contributed by atoms with Gasteiger partial charge in [-0.2, -0.15) is 0 Å². The Morgan fingerprint density at radius 1 is 0.529 bits per heavy atom. The summed E-state index contributed by atoms with van der Waals surface area (Å²) >= 11 is 0. The molecule has 4 aliphatic rings. The van der Waals surface area contributed by atoms with E-state index in [1.807, 2.05) is 0 Å². The number of ether oxygens (including phenoxy) is 1. The van der Waals surface area contributed by atoms with Crippen molar-refractivity contribution < 1.29 is 35.5 Å². The summed E-state index contributed by atoms with van der Waals surface area (Å²) in [6.07, 6.45) is -6.03. The number of hydrogen-bond acceptors (Lipinski definition) is 1. The predicted octanol–water partition coefficient (Wildman–Crippen LogP) is 8.31. The Bertz CT molecular complexity index is 638. The quantitative estimate of drug-likeness (QED) is 0.353. The lowest BCUT2D eigenvalue weighted by atomic mass is 9.62. The van der Waals surface area contributed by atoms with Crippen molar-refractivity contribution in [1.82, 2.24) is 0 Å². The summed E-state index contributed by atoms with van der Waals surface area (Å²) in [7, 11) is 0. The Labute approximate surface area is 198 Å². The van der Waals surface area contributed by atoms with Crippen molar-refractivity contribution in [1.29, 1.82) is 0 Å². The van der Waals surface area contributed by atoms with Crippen molar-refractivity contribution in [3.05, 3.63) is 0 Å². The van der Waals surface area contributed by atoms with E-state index < -0.39 is 49.0 Å². The molecule has 0 aliphatic heterocycles. The maximum absolute atomic E-state index is 15.2. The van der Waals surface area contributed by atoms with E-state index in [0.717, 1.165) is 18.8 Å². The summed E-state index contributed by atoms with van der Waals surface area (Å²) in [5.74, 6) is 0.334. The van der Waals surface area contributed by atoms with E-state index >= 15 is 8.78 Å². The molecule has 0 aromatic rings. The van der Waals surface area contributed by atoms with Gasteiger partial charge in [0.25, 0.3) is 0 Å². The van der Waals surface area contributed by atoms with Gasteiger partial charge in [-0.25, -0.2) is 17.6 Å². The van der Waals surface area contributed by atoms with Crippen molar-refractivity contribution in [2.75, 3.05) is 0 Å². The lowest BCUT2D eigenvalue weighted by Crippen LogP contribution is -2.48. The van der Waals surface area contributed by atoms with Crippen LogP contribution in [0, 0.1) is 41.4 Å². The lowest BCUT2D eigenvalue weighted by molar-refractivity contribution is -0.358. The maximum atomic E-state index is 15.2. The minimum atomic E-state index is -5.11. The summed E-state index contributed by atoms with van der Waals surface area (Å²) in [6, 6.07) is 0. The van der Waals surface area contributed by atoms with Gasteiger partial charge in [0.1, 0.15) is 30.8 Å². The van der Waals surface area contributed by atoms with Crippen molar-refractivity contribution in [2.45, 2.75) is 121 Å². The molecule has 4 aliphatic carbocycles. The van der Waals surface area contributed by atoms with Gasteiger partial charge in [0, 0.05) is 0 Å². The van der Waals surface area contributed by atoms with Gasteiger partial charge in [-0.1, -0.05) is 19.8 Å². The van der Waals surface area contributed by atoms with Gasteiger partial charge < -0.3 is 0 Å². The summed E-state index contributed by atoms with van der Waals surface area (Å²) in [6.45, 7) is 2.28. The molecule has 0 spiro atoms. The van der Waals surface area contributed by atoms with Crippen LogP contribution in [0.3, 0.4) is 0 Å². The van der Waals surface area contributed by atoms with Crippen LogP contribution in [0.4, 0.5) is 30.7 Å². The first-order chi connectivity index (χ1) is 16.0. The fourth-order valence-electron chi connectivity index (χ4n) is 7.80. The normalized spacial score (nSPS) is 49.1. The van der Waals surface area contributed by atoms with E-state index in [2.05, 4.69) is 11.7 Å². The van der Waals surface area contributed by atoms with Gasteiger partial charge in [-0.3, -0.25) is 4.74 Å². The number of hydrogen-bond donors (Lipinski definition) is 0. The highest BCUT2D eigenvalue weighted by Gasteiger charge is 2.50. The molecule has 4 saturated carbocycles. The van der Waals surface area contributed by atoms with Gasteiger partial charge in [0.2, 0.25) is 0 Å². The van der Waals surface area contributed by atoms with Crippen LogP contribution in [0.1, 0.15) is 84.0 Å². The third-order valence-electron chi connectivity index (χ3n) is 9.70. The van der Waals surface area contributed by atoms with Crippen LogP contribution in [-0.2, 0) is 4.74 Å². The van der Waals surface area contributed by atoms with Gasteiger partial charge in [0.05, 0.1) is 0 Å². The molecule has 0 bridgehead atoms. The first-order valence-corrected chi connectivity index (χ1v) is 13.3. The second kappa shape index (κ2) is 10.8. The second-order valence-corrected chi connectivity index (χ2v) is 11.8. The highest BCUT2D eigenvalue weighted by atomic mass is 19.4. The zero-order chi connectivity index (χ0) is 24.6. The first-order valence-electron chi connectivity index (χ1n) is 13.3. The fourth-order valence-corrected chi connectivity index (χ4v) is 7.80. The van der Waals surface area contributed by atoms with E-state index in [-0.39, 0.29) is 31.1 Å². The molecule has 4 rings (SSSR count). The molecule has 8 heteroatoms. The van der Waals surface area contributed by atoms with E-state index in [0.29, 0.717) is 31.1 Å². The van der Waals surface area contributed by atoms with Crippen LogP contribution in [0.5, 0.6) is 0 Å². The largest absolute Gasteiger partial charge is 0.522 e. The third kappa shape index (κ3) is 6.23. The van der Waals surface area contributed by atoms with E-state index in [1.54, 1.807) is 0 Å². The van der Waals surface area contributed by atoms with Crippen LogP contribution >= 0.6 is 0 Å². The maximum Gasteiger partial charge on any atom is 0.522 e. The Morgan fingerprint density at radius 2 is 0.971 bits per heavy atom. The van der Waals surface area contributed by atoms with Crippen LogP contribution in [0.25, 0.3) is 0 Å². The molecule has 8 unspecified atom stereocenters. The molecule has 0 aromatic carbocycles. The van der Waals surface area contributed by atoms with Crippen molar-refractivity contribution in [3.8, 4) is 0 Å². The molecule has 8 atom stereocenters. The van der Waals surface area contributed by atoms with E-state index in [1.165, 1.54) is 25.7 Å². The van der Waals surface area contributed by atoms with Gasteiger partial charge in [0.15, 0.2) is 0 Å². The van der Waals surface area contributed by atoms with Crippen molar-refractivity contribution in [2.24, 2.45) is 41.4 Å². The molecule has 0 radical (unpaired) electrons. The smallest absolute Gasteiger partial charge is 0.282 e. The molecule has 4 fully saturated rings. The highest BCUT2D eigenvalue weighted by molar-refractivity contribution is 4.96. The standard InChI is InChI=1S/C26H39F7O/c1-14-2-4-15(5-3-14)16-6-8-19(21(27)10-16)17-7-9-20(22(28)11-17)18-12-23(29)25(24(30)13-18)34-26(31,32)33/h14-25H,2-13H2,1H3. The second-order valence-electron chi connectivity index (χ2n) is 11.8. The van der Waals surface area contributed by atoms with Gasteiger partial charge in [-0.15, -0.1) is 13.2 Å². The zero-order valence-corrected chi connectivity index (χ0v) is 20.0. The first kappa shape index (κ1) is 26.5. The molecule has 34 heavy (non-hydrogen) atoms. The lowest BCUT2D eigenvalue weighted by Gasteiger charge is -2.45.